The van der Waals surface area contributed by atoms with Crippen molar-refractivity contribution in [1.29, 1.82) is 0 Å². The van der Waals surface area contributed by atoms with E-state index in [-0.39, 0.29) is 0 Å². The van der Waals surface area contributed by atoms with E-state index >= 15 is 0 Å². The molecule has 1 aromatic heterocycles. The average Bonchev–Trinajstić information content (AvgIpc) is 2.75. The second-order valence-corrected chi connectivity index (χ2v) is 4.24. The molecule has 0 amide bonds. The summed E-state index contributed by atoms with van der Waals surface area (Å²) in [5.41, 5.74) is 1.89. The molecule has 17 heavy (non-hydrogen) atoms. The van der Waals surface area contributed by atoms with Crippen molar-refractivity contribution < 1.29 is 9.57 Å². The van der Waals surface area contributed by atoms with Crippen molar-refractivity contribution in [1.82, 2.24) is 10.0 Å². The fraction of sp³-hybridized carbons (Fsp3) is 0.273. The topological polar surface area (TPSA) is 34.6 Å². The summed E-state index contributed by atoms with van der Waals surface area (Å²) in [6, 6.07) is 3.64. The first kappa shape index (κ1) is 12.3. The van der Waals surface area contributed by atoms with Gasteiger partial charge in [-0.3, -0.25) is 9.90 Å². The second kappa shape index (κ2) is 5.44. The summed E-state index contributed by atoms with van der Waals surface area (Å²) in [5, 5.41) is 2.67. The molecule has 2 heterocycles. The Morgan fingerprint density at radius 3 is 2.94 bits per heavy atom. The van der Waals surface area contributed by atoms with Gasteiger partial charge in [0.05, 0.1) is 19.4 Å². The zero-order chi connectivity index (χ0) is 12.3. The van der Waals surface area contributed by atoms with Crippen LogP contribution in [0.5, 0.6) is 0 Å². The van der Waals surface area contributed by atoms with Gasteiger partial charge in [0.2, 0.25) is 0 Å². The van der Waals surface area contributed by atoms with Crippen LogP contribution in [-0.4, -0.2) is 28.8 Å². The number of pyridine rings is 1. The Kier molecular flexibility index (Phi) is 3.93. The van der Waals surface area contributed by atoms with Gasteiger partial charge in [0, 0.05) is 12.3 Å². The van der Waals surface area contributed by atoms with Crippen molar-refractivity contribution in [3.63, 3.8) is 0 Å². The number of halogens is 1. The van der Waals surface area contributed by atoms with Gasteiger partial charge in [-0.1, -0.05) is 17.7 Å². The predicted molar refractivity (Wildman–Crippen MR) is 68.4 cm³/mol. The molecule has 1 aliphatic rings. The van der Waals surface area contributed by atoms with Gasteiger partial charge in [-0.2, -0.15) is 0 Å². The molecule has 0 fully saturated rings. The van der Waals surface area contributed by atoms with Crippen molar-refractivity contribution in [2.45, 2.75) is 6.54 Å². The minimum absolute atomic E-state index is 0.438. The molecule has 4 nitrogen and oxygen atoms in total. The third kappa shape index (κ3) is 3.15. The molecule has 0 saturated heterocycles. The number of hydrogen-bond acceptors (Lipinski definition) is 5. The van der Waals surface area contributed by atoms with E-state index in [9.17, 15) is 0 Å². The molecular formula is C11H11ClN2O2S. The van der Waals surface area contributed by atoms with E-state index in [0.717, 1.165) is 11.3 Å². The molecular weight excluding hydrogens is 260 g/mol. The Morgan fingerprint density at radius 1 is 1.59 bits per heavy atom. The van der Waals surface area contributed by atoms with Gasteiger partial charge >= 0.3 is 0 Å². The van der Waals surface area contributed by atoms with Crippen LogP contribution in [0.3, 0.4) is 0 Å². The van der Waals surface area contributed by atoms with E-state index in [1.165, 1.54) is 0 Å². The highest BCUT2D eigenvalue weighted by Gasteiger charge is 2.17. The Bertz CT molecular complexity index is 447. The van der Waals surface area contributed by atoms with Crippen LogP contribution in [0.2, 0.25) is 5.15 Å². The number of thiocarbonyl (C=S) groups is 1. The van der Waals surface area contributed by atoms with Crippen molar-refractivity contribution >= 4 is 28.9 Å². The summed E-state index contributed by atoms with van der Waals surface area (Å²) < 4.78 is 5.19. The van der Waals surface area contributed by atoms with E-state index in [2.05, 4.69) is 4.98 Å². The molecule has 0 radical (unpaired) electrons. The molecule has 1 aromatic rings. The first-order valence-electron chi connectivity index (χ1n) is 4.98. The van der Waals surface area contributed by atoms with Gasteiger partial charge in [0.15, 0.2) is 5.05 Å². The van der Waals surface area contributed by atoms with E-state index in [1.807, 2.05) is 6.07 Å². The molecule has 0 atom stereocenters. The zero-order valence-electron chi connectivity index (χ0n) is 9.22. The molecule has 90 valence electrons. The van der Waals surface area contributed by atoms with Crippen LogP contribution in [0.1, 0.15) is 5.56 Å². The highest BCUT2D eigenvalue weighted by atomic mass is 35.5. The van der Waals surface area contributed by atoms with Crippen LogP contribution < -0.4 is 0 Å². The Morgan fingerprint density at radius 2 is 2.41 bits per heavy atom. The molecule has 0 saturated carbocycles. The summed E-state index contributed by atoms with van der Waals surface area (Å²) in [5.74, 6) is 0. The lowest BCUT2D eigenvalue weighted by atomic mass is 10.3. The molecule has 6 heteroatoms. The van der Waals surface area contributed by atoms with Gasteiger partial charge in [0.25, 0.3) is 0 Å². The third-order valence-electron chi connectivity index (χ3n) is 2.30. The van der Waals surface area contributed by atoms with Crippen LogP contribution in [0.15, 0.2) is 30.1 Å². The number of hydroxylamine groups is 2. The van der Waals surface area contributed by atoms with Gasteiger partial charge in [-0.25, -0.2) is 4.98 Å². The number of hydrogen-bond donors (Lipinski definition) is 0. The zero-order valence-corrected chi connectivity index (χ0v) is 10.8. The predicted octanol–water partition coefficient (Wildman–Crippen LogP) is 2.34. The van der Waals surface area contributed by atoms with Crippen LogP contribution in [-0.2, 0) is 16.1 Å². The molecule has 0 aromatic carbocycles. The quantitative estimate of drug-likeness (QED) is 0.477. The maximum absolute atomic E-state index is 5.72. The summed E-state index contributed by atoms with van der Waals surface area (Å²) in [4.78, 5) is 9.30. The Labute approximate surface area is 110 Å². The minimum Gasteiger partial charge on any atom is -0.477 e. The third-order valence-corrected chi connectivity index (χ3v) is 2.76. The van der Waals surface area contributed by atoms with Crippen LogP contribution in [0.25, 0.3) is 0 Å². The van der Waals surface area contributed by atoms with Crippen molar-refractivity contribution in [2.24, 2.45) is 0 Å². The van der Waals surface area contributed by atoms with Gasteiger partial charge in [0.1, 0.15) is 11.8 Å². The summed E-state index contributed by atoms with van der Waals surface area (Å²) in [7, 11) is 1.60. The molecule has 2 rings (SSSR count). The van der Waals surface area contributed by atoms with Crippen molar-refractivity contribution in [2.75, 3.05) is 13.7 Å². The molecule has 0 aliphatic carbocycles. The van der Waals surface area contributed by atoms with E-state index < -0.39 is 0 Å². The average molecular weight is 271 g/mol. The normalized spacial score (nSPS) is 14.5. The minimum atomic E-state index is 0.438. The van der Waals surface area contributed by atoms with E-state index in [4.69, 9.17) is 33.4 Å². The summed E-state index contributed by atoms with van der Waals surface area (Å²) in [6.07, 6.45) is 3.49. The molecule has 1 aliphatic heterocycles. The molecule has 0 bridgehead atoms. The van der Waals surface area contributed by atoms with Crippen molar-refractivity contribution in [3.05, 3.63) is 40.8 Å². The Balaban J connectivity index is 2.07. The highest BCUT2D eigenvalue weighted by molar-refractivity contribution is 7.80. The van der Waals surface area contributed by atoms with Crippen LogP contribution in [0, 0.1) is 0 Å². The first-order valence-corrected chi connectivity index (χ1v) is 5.77. The standard InChI is InChI=1S/C11H11ClN2O2S/c1-15-14(9-4-11(17)16-7-9)6-8-2-3-10(12)13-5-8/h2-5H,6-7H2,1H3. The second-order valence-electron chi connectivity index (χ2n) is 3.45. The Hall–Kier alpha value is -1.17. The maximum Gasteiger partial charge on any atom is 0.186 e. The van der Waals surface area contributed by atoms with Crippen LogP contribution in [0.4, 0.5) is 0 Å². The number of aromatic nitrogens is 1. The van der Waals surface area contributed by atoms with E-state index in [1.54, 1.807) is 30.5 Å². The summed E-state index contributed by atoms with van der Waals surface area (Å²) >= 11 is 10.7. The molecule has 0 spiro atoms. The summed E-state index contributed by atoms with van der Waals surface area (Å²) in [6.45, 7) is 1.01. The lowest BCUT2D eigenvalue weighted by Gasteiger charge is -2.21. The first-order chi connectivity index (χ1) is 8.19. The fourth-order valence-corrected chi connectivity index (χ4v) is 1.76. The smallest absolute Gasteiger partial charge is 0.186 e. The maximum atomic E-state index is 5.72. The largest absolute Gasteiger partial charge is 0.477 e. The molecule has 0 N–H and O–H groups in total. The van der Waals surface area contributed by atoms with Gasteiger partial charge in [-0.05, 0) is 23.8 Å². The fourth-order valence-electron chi connectivity index (χ4n) is 1.46. The SMILES string of the molecule is CON(Cc1ccc(Cl)nc1)C1=CC(=S)OC1. The molecule has 0 unspecified atom stereocenters. The lowest BCUT2D eigenvalue weighted by Crippen LogP contribution is -2.22. The number of rotatable bonds is 4. The highest BCUT2D eigenvalue weighted by Crippen LogP contribution is 2.16. The van der Waals surface area contributed by atoms with Gasteiger partial charge < -0.3 is 4.74 Å². The van der Waals surface area contributed by atoms with E-state index in [0.29, 0.717) is 23.4 Å². The van der Waals surface area contributed by atoms with Gasteiger partial charge in [-0.15, -0.1) is 0 Å². The number of nitrogens with zero attached hydrogens (tertiary/aromatic N) is 2. The number of ether oxygens (including phenoxy) is 1. The van der Waals surface area contributed by atoms with Crippen molar-refractivity contribution in [3.8, 4) is 0 Å². The van der Waals surface area contributed by atoms with Crippen LogP contribution >= 0.6 is 23.8 Å². The monoisotopic (exact) mass is 270 g/mol. The lowest BCUT2D eigenvalue weighted by molar-refractivity contribution is -0.111.